The van der Waals surface area contributed by atoms with Crippen molar-refractivity contribution in [1.82, 2.24) is 25.4 Å². The quantitative estimate of drug-likeness (QED) is 0.632. The lowest BCUT2D eigenvalue weighted by Gasteiger charge is -2.30. The number of nitrogens with one attached hydrogen (secondary N) is 2. The third kappa shape index (κ3) is 4.01. The summed E-state index contributed by atoms with van der Waals surface area (Å²) in [6.45, 7) is 3.37. The van der Waals surface area contributed by atoms with Crippen molar-refractivity contribution in [2.45, 2.75) is 26.2 Å². The molecular formula is C13H21N5O3. The molecule has 1 fully saturated rings. The average molecular weight is 295 g/mol. The minimum atomic E-state index is -0.196. The van der Waals surface area contributed by atoms with Gasteiger partial charge in [0.25, 0.3) is 5.91 Å². The summed E-state index contributed by atoms with van der Waals surface area (Å²) in [5.74, 6) is 0.527. The Hall–Kier alpha value is -1.96. The number of aryl methyl sites for hydroxylation is 1. The Kier molecular flexibility index (Phi) is 5.26. The molecule has 8 heteroatoms. The van der Waals surface area contributed by atoms with E-state index in [1.807, 2.05) is 0 Å². The van der Waals surface area contributed by atoms with E-state index in [0.29, 0.717) is 44.7 Å². The Bertz CT molecular complexity index is 494. The molecule has 1 aromatic rings. The molecule has 1 aromatic heterocycles. The molecule has 0 radical (unpaired) electrons. The van der Waals surface area contributed by atoms with Gasteiger partial charge in [0.1, 0.15) is 5.82 Å². The normalized spacial score (nSPS) is 16.0. The van der Waals surface area contributed by atoms with E-state index in [1.54, 1.807) is 11.8 Å². The predicted octanol–water partition coefficient (Wildman–Crippen LogP) is -0.536. The summed E-state index contributed by atoms with van der Waals surface area (Å²) < 4.78 is 0. The highest BCUT2D eigenvalue weighted by molar-refractivity contribution is 5.90. The number of piperidine rings is 1. The Morgan fingerprint density at radius 2 is 2.14 bits per heavy atom. The molecule has 2 rings (SSSR count). The molecule has 116 valence electrons. The standard InChI is InChI=1S/C13H21N5O3/c1-9-15-11(17-16-9)13(21)18-6-3-10(4-7-18)12(20)14-5-2-8-19/h10,19H,2-8H2,1H3,(H,14,20)(H,15,16,17). The molecule has 0 atom stereocenters. The minimum Gasteiger partial charge on any atom is -0.396 e. The van der Waals surface area contributed by atoms with Crippen molar-refractivity contribution in [1.29, 1.82) is 0 Å². The van der Waals surface area contributed by atoms with Gasteiger partial charge in [-0.1, -0.05) is 0 Å². The second kappa shape index (κ2) is 7.16. The van der Waals surface area contributed by atoms with Crippen LogP contribution in [0.25, 0.3) is 0 Å². The highest BCUT2D eigenvalue weighted by Gasteiger charge is 2.28. The molecule has 21 heavy (non-hydrogen) atoms. The number of aliphatic hydroxyl groups excluding tert-OH is 1. The third-order valence-corrected chi connectivity index (χ3v) is 3.58. The number of nitrogens with zero attached hydrogens (tertiary/aromatic N) is 3. The summed E-state index contributed by atoms with van der Waals surface area (Å²) in [6, 6.07) is 0. The molecule has 0 aromatic carbocycles. The van der Waals surface area contributed by atoms with Gasteiger partial charge < -0.3 is 15.3 Å². The fourth-order valence-corrected chi connectivity index (χ4v) is 2.36. The summed E-state index contributed by atoms with van der Waals surface area (Å²) in [7, 11) is 0. The molecule has 1 saturated heterocycles. The number of aliphatic hydroxyl groups is 1. The van der Waals surface area contributed by atoms with Crippen LogP contribution in [-0.4, -0.2) is 63.2 Å². The van der Waals surface area contributed by atoms with Crippen molar-refractivity contribution in [3.05, 3.63) is 11.6 Å². The monoisotopic (exact) mass is 295 g/mol. The Labute approximate surface area is 122 Å². The molecule has 1 aliphatic heterocycles. The Morgan fingerprint density at radius 3 is 2.71 bits per heavy atom. The fraction of sp³-hybridized carbons (Fsp3) is 0.692. The molecule has 0 unspecified atom stereocenters. The Morgan fingerprint density at radius 1 is 1.43 bits per heavy atom. The van der Waals surface area contributed by atoms with Crippen molar-refractivity contribution in [3.8, 4) is 0 Å². The zero-order chi connectivity index (χ0) is 15.2. The van der Waals surface area contributed by atoms with Crippen LogP contribution in [-0.2, 0) is 4.79 Å². The van der Waals surface area contributed by atoms with Gasteiger partial charge in [-0.05, 0) is 26.2 Å². The van der Waals surface area contributed by atoms with Crippen molar-refractivity contribution in [2.75, 3.05) is 26.2 Å². The van der Waals surface area contributed by atoms with Crippen LogP contribution in [0.1, 0.15) is 35.7 Å². The second-order valence-corrected chi connectivity index (χ2v) is 5.18. The highest BCUT2D eigenvalue weighted by Crippen LogP contribution is 2.18. The number of H-pyrrole nitrogens is 1. The molecule has 2 amide bonds. The van der Waals surface area contributed by atoms with Gasteiger partial charge in [0.15, 0.2) is 0 Å². The first kappa shape index (κ1) is 15.4. The van der Waals surface area contributed by atoms with E-state index < -0.39 is 0 Å². The molecule has 1 aliphatic rings. The van der Waals surface area contributed by atoms with Crippen LogP contribution >= 0.6 is 0 Å². The maximum atomic E-state index is 12.2. The van der Waals surface area contributed by atoms with Crippen molar-refractivity contribution >= 4 is 11.8 Å². The minimum absolute atomic E-state index is 0.00397. The highest BCUT2D eigenvalue weighted by atomic mass is 16.3. The average Bonchev–Trinajstić information content (AvgIpc) is 2.93. The van der Waals surface area contributed by atoms with Gasteiger partial charge in [0.05, 0.1) is 0 Å². The predicted molar refractivity (Wildman–Crippen MR) is 74.5 cm³/mol. The number of carbonyl (C=O) groups is 2. The van der Waals surface area contributed by atoms with Gasteiger partial charge in [0.2, 0.25) is 11.7 Å². The van der Waals surface area contributed by atoms with Crippen LogP contribution in [0.3, 0.4) is 0 Å². The van der Waals surface area contributed by atoms with E-state index in [-0.39, 0.29) is 30.2 Å². The van der Waals surface area contributed by atoms with Crippen LogP contribution in [0.5, 0.6) is 0 Å². The lowest BCUT2D eigenvalue weighted by atomic mass is 9.96. The Balaban J connectivity index is 1.80. The summed E-state index contributed by atoms with van der Waals surface area (Å²) in [4.78, 5) is 29.8. The number of rotatable bonds is 5. The number of aromatic nitrogens is 3. The van der Waals surface area contributed by atoms with Gasteiger partial charge in [0, 0.05) is 32.2 Å². The van der Waals surface area contributed by atoms with E-state index in [0.717, 1.165) is 0 Å². The summed E-state index contributed by atoms with van der Waals surface area (Å²) in [5, 5.41) is 18.0. The molecule has 0 spiro atoms. The first-order valence-corrected chi connectivity index (χ1v) is 7.18. The summed E-state index contributed by atoms with van der Waals surface area (Å²) in [5.41, 5.74) is 0. The largest absolute Gasteiger partial charge is 0.396 e. The molecule has 0 aliphatic carbocycles. The number of aromatic amines is 1. The number of likely N-dealkylation sites (tertiary alicyclic amines) is 1. The zero-order valence-electron chi connectivity index (χ0n) is 12.1. The lowest BCUT2D eigenvalue weighted by Crippen LogP contribution is -2.43. The number of hydrogen-bond acceptors (Lipinski definition) is 5. The number of carbonyl (C=O) groups excluding carboxylic acids is 2. The lowest BCUT2D eigenvalue weighted by molar-refractivity contribution is -0.126. The SMILES string of the molecule is Cc1nc(C(=O)N2CCC(C(=O)NCCCO)CC2)n[nH]1. The number of amides is 2. The van der Waals surface area contributed by atoms with Crippen molar-refractivity contribution < 1.29 is 14.7 Å². The molecular weight excluding hydrogens is 274 g/mol. The molecule has 2 heterocycles. The second-order valence-electron chi connectivity index (χ2n) is 5.18. The summed E-state index contributed by atoms with van der Waals surface area (Å²) in [6.07, 6.45) is 1.84. The van der Waals surface area contributed by atoms with Crippen LogP contribution in [0.15, 0.2) is 0 Å². The zero-order valence-corrected chi connectivity index (χ0v) is 12.1. The number of hydrogen-bond donors (Lipinski definition) is 3. The molecule has 0 bridgehead atoms. The van der Waals surface area contributed by atoms with E-state index in [4.69, 9.17) is 5.11 Å². The van der Waals surface area contributed by atoms with Crippen LogP contribution in [0.4, 0.5) is 0 Å². The third-order valence-electron chi connectivity index (χ3n) is 3.58. The summed E-state index contributed by atoms with van der Waals surface area (Å²) >= 11 is 0. The van der Waals surface area contributed by atoms with Crippen LogP contribution < -0.4 is 5.32 Å². The van der Waals surface area contributed by atoms with E-state index >= 15 is 0 Å². The van der Waals surface area contributed by atoms with Gasteiger partial charge in [-0.15, -0.1) is 5.10 Å². The maximum absolute atomic E-state index is 12.2. The van der Waals surface area contributed by atoms with E-state index in [9.17, 15) is 9.59 Å². The van der Waals surface area contributed by atoms with E-state index in [2.05, 4.69) is 20.5 Å². The molecule has 8 nitrogen and oxygen atoms in total. The van der Waals surface area contributed by atoms with Gasteiger partial charge in [-0.2, -0.15) is 0 Å². The molecule has 3 N–H and O–H groups in total. The smallest absolute Gasteiger partial charge is 0.293 e. The first-order chi connectivity index (χ1) is 10.1. The van der Waals surface area contributed by atoms with Crippen LogP contribution in [0, 0.1) is 12.8 Å². The first-order valence-electron chi connectivity index (χ1n) is 7.18. The van der Waals surface area contributed by atoms with Gasteiger partial charge >= 0.3 is 0 Å². The van der Waals surface area contributed by atoms with Crippen molar-refractivity contribution in [3.63, 3.8) is 0 Å². The topological polar surface area (TPSA) is 111 Å². The van der Waals surface area contributed by atoms with Crippen LogP contribution in [0.2, 0.25) is 0 Å². The van der Waals surface area contributed by atoms with Gasteiger partial charge in [-0.3, -0.25) is 14.7 Å². The van der Waals surface area contributed by atoms with Crippen molar-refractivity contribution in [2.24, 2.45) is 5.92 Å². The van der Waals surface area contributed by atoms with Gasteiger partial charge in [-0.25, -0.2) is 4.98 Å². The maximum Gasteiger partial charge on any atom is 0.293 e. The molecule has 0 saturated carbocycles. The van der Waals surface area contributed by atoms with E-state index in [1.165, 1.54) is 0 Å². The fourth-order valence-electron chi connectivity index (χ4n) is 2.36.